The number of hydrogen-bond donors (Lipinski definition) is 0. The van der Waals surface area contributed by atoms with Crippen molar-refractivity contribution in [2.24, 2.45) is 5.92 Å². The van der Waals surface area contributed by atoms with E-state index in [1.54, 1.807) is 0 Å². The van der Waals surface area contributed by atoms with Crippen molar-refractivity contribution in [3.8, 4) is 0 Å². The van der Waals surface area contributed by atoms with Crippen molar-refractivity contribution in [2.45, 2.75) is 121 Å². The van der Waals surface area contributed by atoms with Gasteiger partial charge in [0, 0.05) is 31.2 Å². The van der Waals surface area contributed by atoms with Crippen LogP contribution in [-0.4, -0.2) is 35.7 Å². The molecule has 2 aliphatic heterocycles. The summed E-state index contributed by atoms with van der Waals surface area (Å²) in [6, 6.07) is 21.1. The van der Waals surface area contributed by atoms with Crippen molar-refractivity contribution in [3.05, 3.63) is 71.3 Å². The second-order valence-electron chi connectivity index (χ2n) is 12.5. The first-order valence-electron chi connectivity index (χ1n) is 15.2. The molecule has 1 saturated carbocycles. The van der Waals surface area contributed by atoms with E-state index in [1.807, 2.05) is 6.07 Å². The number of carbonyl (C=O) groups is 1. The van der Waals surface area contributed by atoms with E-state index < -0.39 is 0 Å². The lowest BCUT2D eigenvalue weighted by atomic mass is 9.77. The number of unbranched alkanes of at least 4 members (excludes halogenated alkanes) is 2. The third kappa shape index (κ3) is 6.14. The number of quaternary nitrogens is 1. The molecule has 200 valence electrons. The van der Waals surface area contributed by atoms with Gasteiger partial charge in [-0.05, 0) is 42.7 Å². The van der Waals surface area contributed by atoms with Gasteiger partial charge in [-0.2, -0.15) is 0 Å². The number of rotatable bonds is 10. The molecular weight excluding hydrogens is 454 g/mol. The van der Waals surface area contributed by atoms with Crippen LogP contribution >= 0.6 is 0 Å². The quantitative estimate of drug-likeness (QED) is 0.187. The van der Waals surface area contributed by atoms with Gasteiger partial charge in [-0.25, -0.2) is 0 Å². The highest BCUT2D eigenvalue weighted by Gasteiger charge is 2.52. The minimum atomic E-state index is -0.0993. The third-order valence-electron chi connectivity index (χ3n) is 10.0. The number of carbonyl (C=O) groups excluding carboxylic acids is 1. The molecule has 1 aliphatic carbocycles. The highest BCUT2D eigenvalue weighted by atomic mass is 16.5. The second kappa shape index (κ2) is 12.2. The minimum Gasteiger partial charge on any atom is -0.461 e. The Kier molecular flexibility index (Phi) is 8.70. The SMILES string of the molecule is CCCCCc1ccc(C[N+]2(C)[C@@H]3CC[C@@H]2CC(OC(=O)C(c2ccccc2)C2CCCCC2)C3)cc1. The zero-order valence-electron chi connectivity index (χ0n) is 23.2. The van der Waals surface area contributed by atoms with Gasteiger partial charge in [0.2, 0.25) is 0 Å². The summed E-state index contributed by atoms with van der Waals surface area (Å²) in [5, 5.41) is 0. The molecule has 3 heteroatoms. The van der Waals surface area contributed by atoms with Crippen LogP contribution in [-0.2, 0) is 22.5 Å². The first kappa shape index (κ1) is 26.5. The van der Waals surface area contributed by atoms with Crippen molar-refractivity contribution in [3.63, 3.8) is 0 Å². The van der Waals surface area contributed by atoms with E-state index in [9.17, 15) is 4.79 Å². The van der Waals surface area contributed by atoms with Crippen LogP contribution in [0.3, 0.4) is 0 Å². The molecule has 2 aromatic carbocycles. The maximum absolute atomic E-state index is 13.7. The van der Waals surface area contributed by atoms with Crippen LogP contribution in [0.5, 0.6) is 0 Å². The van der Waals surface area contributed by atoms with Crippen LogP contribution in [0, 0.1) is 5.92 Å². The predicted molar refractivity (Wildman–Crippen MR) is 151 cm³/mol. The lowest BCUT2D eigenvalue weighted by Crippen LogP contribution is -2.58. The van der Waals surface area contributed by atoms with E-state index in [0.29, 0.717) is 18.0 Å². The standard InChI is InChI=1S/C34H48NO2/c1-3-4-7-12-26-17-19-27(20-18-26)25-35(2)30-21-22-31(35)24-32(23-30)37-34(36)33(28-13-8-5-9-14-28)29-15-10-6-11-16-29/h5,8-9,13-14,17-20,29-33H,3-4,6-7,10-12,15-16,21-25H2,1-2H3/q+1/t30-,31-,32?,33?,35?/m1/s1. The van der Waals surface area contributed by atoms with Crippen molar-refractivity contribution < 1.29 is 14.0 Å². The van der Waals surface area contributed by atoms with Gasteiger partial charge in [0.25, 0.3) is 0 Å². The topological polar surface area (TPSA) is 26.3 Å². The zero-order chi connectivity index (χ0) is 25.7. The smallest absolute Gasteiger partial charge is 0.313 e. The summed E-state index contributed by atoms with van der Waals surface area (Å²) in [6.07, 6.45) is 15.8. The molecule has 0 aromatic heterocycles. The number of aryl methyl sites for hydroxylation is 1. The van der Waals surface area contributed by atoms with Gasteiger partial charge >= 0.3 is 5.97 Å². The zero-order valence-corrected chi connectivity index (χ0v) is 23.2. The Bertz CT molecular complexity index is 980. The van der Waals surface area contributed by atoms with E-state index in [4.69, 9.17) is 4.74 Å². The first-order valence-corrected chi connectivity index (χ1v) is 15.2. The Balaban J connectivity index is 1.22. The lowest BCUT2D eigenvalue weighted by Gasteiger charge is -2.47. The Morgan fingerprint density at radius 2 is 1.51 bits per heavy atom. The number of benzene rings is 2. The second-order valence-corrected chi connectivity index (χ2v) is 12.5. The molecule has 0 amide bonds. The third-order valence-corrected chi connectivity index (χ3v) is 10.0. The van der Waals surface area contributed by atoms with Crippen molar-refractivity contribution in [2.75, 3.05) is 7.05 Å². The summed E-state index contributed by atoms with van der Waals surface area (Å²) in [5.41, 5.74) is 4.08. The Morgan fingerprint density at radius 1 is 0.865 bits per heavy atom. The number of ether oxygens (including phenoxy) is 1. The molecular formula is C34H48NO2+. The Morgan fingerprint density at radius 3 is 2.16 bits per heavy atom. The highest BCUT2D eigenvalue weighted by molar-refractivity contribution is 5.78. The molecule has 2 heterocycles. The maximum atomic E-state index is 13.7. The summed E-state index contributed by atoms with van der Waals surface area (Å²) < 4.78 is 7.52. The largest absolute Gasteiger partial charge is 0.461 e. The molecule has 3 nitrogen and oxygen atoms in total. The van der Waals surface area contributed by atoms with Crippen LogP contribution in [0.25, 0.3) is 0 Å². The van der Waals surface area contributed by atoms with Gasteiger partial charge in [0.1, 0.15) is 12.6 Å². The minimum absolute atomic E-state index is 0.0391. The van der Waals surface area contributed by atoms with Gasteiger partial charge in [-0.15, -0.1) is 0 Å². The first-order chi connectivity index (χ1) is 18.1. The van der Waals surface area contributed by atoms with Crippen LogP contribution in [0.4, 0.5) is 0 Å². The molecule has 3 fully saturated rings. The van der Waals surface area contributed by atoms with E-state index >= 15 is 0 Å². The average Bonchev–Trinajstić information content (AvgIpc) is 3.06. The number of nitrogens with zero attached hydrogens (tertiary/aromatic N) is 1. The maximum Gasteiger partial charge on any atom is 0.313 e. The van der Waals surface area contributed by atoms with E-state index in [-0.39, 0.29) is 18.0 Å². The fourth-order valence-corrected chi connectivity index (χ4v) is 7.80. The molecule has 5 rings (SSSR count). The molecule has 37 heavy (non-hydrogen) atoms. The van der Waals surface area contributed by atoms with E-state index in [0.717, 1.165) is 42.3 Å². The molecule has 3 atom stereocenters. The summed E-state index contributed by atoms with van der Waals surface area (Å²) in [6.45, 7) is 3.37. The molecule has 3 aliphatic rings. The highest BCUT2D eigenvalue weighted by Crippen LogP contribution is 2.44. The molecule has 2 saturated heterocycles. The van der Waals surface area contributed by atoms with E-state index in [1.165, 1.54) is 68.9 Å². The molecule has 0 N–H and O–H groups in total. The molecule has 1 unspecified atom stereocenters. The van der Waals surface area contributed by atoms with Crippen LogP contribution in [0.15, 0.2) is 54.6 Å². The van der Waals surface area contributed by atoms with Gasteiger partial charge in [-0.3, -0.25) is 4.79 Å². The van der Waals surface area contributed by atoms with Gasteiger partial charge < -0.3 is 9.22 Å². The molecule has 0 spiro atoms. The van der Waals surface area contributed by atoms with Crippen molar-refractivity contribution >= 4 is 5.97 Å². The summed E-state index contributed by atoms with van der Waals surface area (Å²) in [7, 11) is 2.46. The van der Waals surface area contributed by atoms with Crippen molar-refractivity contribution in [1.82, 2.24) is 0 Å². The molecule has 2 aromatic rings. The summed E-state index contributed by atoms with van der Waals surface area (Å²) >= 11 is 0. The number of fused-ring (bicyclic) bond motifs is 2. The van der Waals surface area contributed by atoms with E-state index in [2.05, 4.69) is 62.5 Å². The number of esters is 1. The fraction of sp³-hybridized carbons (Fsp3) is 0.618. The van der Waals surface area contributed by atoms with Crippen LogP contribution in [0.2, 0.25) is 0 Å². The predicted octanol–water partition coefficient (Wildman–Crippen LogP) is 7.97. The Labute approximate surface area is 225 Å². The average molecular weight is 503 g/mol. The van der Waals surface area contributed by atoms with Crippen molar-refractivity contribution in [1.29, 1.82) is 0 Å². The van der Waals surface area contributed by atoms with Gasteiger partial charge in [0.15, 0.2) is 0 Å². The lowest BCUT2D eigenvalue weighted by molar-refractivity contribution is -0.961. The Hall–Kier alpha value is -2.13. The number of hydrogen-bond acceptors (Lipinski definition) is 2. The fourth-order valence-electron chi connectivity index (χ4n) is 7.80. The van der Waals surface area contributed by atoms with Crippen LogP contribution in [0.1, 0.15) is 107 Å². The number of piperidine rings is 1. The normalized spacial score (nSPS) is 28.6. The molecule has 2 bridgehead atoms. The van der Waals surface area contributed by atoms with Crippen LogP contribution < -0.4 is 0 Å². The summed E-state index contributed by atoms with van der Waals surface area (Å²) in [4.78, 5) is 13.7. The summed E-state index contributed by atoms with van der Waals surface area (Å²) in [5.74, 6) is 0.366. The van der Waals surface area contributed by atoms with Gasteiger partial charge in [0.05, 0.1) is 25.0 Å². The monoisotopic (exact) mass is 502 g/mol. The van der Waals surface area contributed by atoms with Gasteiger partial charge in [-0.1, -0.05) is 93.6 Å². The molecule has 0 radical (unpaired) electrons.